The molecule has 0 amide bonds. The number of rotatable bonds is 11. The molecular weight excluding hydrogens is 222 g/mol. The number of nitrogens with one attached hydrogen (secondary N) is 1. The molecule has 0 radical (unpaired) electrons. The summed E-state index contributed by atoms with van der Waals surface area (Å²) < 4.78 is 15.1. The van der Waals surface area contributed by atoms with E-state index in [0.29, 0.717) is 33.0 Å². The lowest BCUT2D eigenvalue weighted by Crippen LogP contribution is -2.27. The van der Waals surface area contributed by atoms with Gasteiger partial charge in [-0.1, -0.05) is 0 Å². The van der Waals surface area contributed by atoms with Gasteiger partial charge in [0.1, 0.15) is 6.61 Å². The van der Waals surface area contributed by atoms with E-state index in [2.05, 4.69) is 5.32 Å². The predicted octanol–water partition coefficient (Wildman–Crippen LogP) is 0.582. The third-order valence-corrected chi connectivity index (χ3v) is 2.53. The molecule has 0 saturated heterocycles. The first-order valence-corrected chi connectivity index (χ1v) is 6.26. The van der Waals surface area contributed by atoms with Gasteiger partial charge in [-0.2, -0.15) is 0 Å². The second kappa shape index (κ2) is 9.39. The molecule has 1 N–H and O–H groups in total. The van der Waals surface area contributed by atoms with E-state index in [1.54, 1.807) is 7.11 Å². The molecule has 0 unspecified atom stereocenters. The summed E-state index contributed by atoms with van der Waals surface area (Å²) in [5, 5.41) is 3.08. The number of hydrogen-bond acceptors (Lipinski definition) is 5. The number of carbonyl (C=O) groups is 1. The molecule has 0 heterocycles. The Labute approximate surface area is 103 Å². The van der Waals surface area contributed by atoms with Crippen LogP contribution in [0.4, 0.5) is 0 Å². The lowest BCUT2D eigenvalue weighted by atomic mass is 10.4. The van der Waals surface area contributed by atoms with Crippen LogP contribution in [-0.4, -0.2) is 52.6 Å². The van der Waals surface area contributed by atoms with Crippen molar-refractivity contribution >= 4 is 5.97 Å². The van der Waals surface area contributed by atoms with Gasteiger partial charge in [0.2, 0.25) is 0 Å². The molecule has 5 heteroatoms. The van der Waals surface area contributed by atoms with E-state index < -0.39 is 0 Å². The van der Waals surface area contributed by atoms with Crippen molar-refractivity contribution in [2.24, 2.45) is 5.92 Å². The number of methoxy groups -OCH3 is 1. The van der Waals surface area contributed by atoms with Crippen molar-refractivity contribution < 1.29 is 19.0 Å². The highest BCUT2D eigenvalue weighted by Gasteiger charge is 2.20. The number of ether oxygens (including phenoxy) is 3. The molecule has 0 aromatic carbocycles. The average molecular weight is 245 g/mol. The normalized spacial score (nSPS) is 14.9. The van der Waals surface area contributed by atoms with Gasteiger partial charge in [0.05, 0.1) is 13.2 Å². The van der Waals surface area contributed by atoms with Crippen molar-refractivity contribution in [3.8, 4) is 0 Å². The summed E-state index contributed by atoms with van der Waals surface area (Å²) in [6.45, 7) is 3.37. The zero-order valence-corrected chi connectivity index (χ0v) is 10.6. The van der Waals surface area contributed by atoms with Gasteiger partial charge in [-0.3, -0.25) is 4.79 Å². The van der Waals surface area contributed by atoms with Crippen molar-refractivity contribution in [1.82, 2.24) is 5.32 Å². The van der Waals surface area contributed by atoms with Crippen LogP contribution in [0.3, 0.4) is 0 Å². The lowest BCUT2D eigenvalue weighted by molar-refractivity contribution is -0.144. The molecule has 0 spiro atoms. The molecule has 1 fully saturated rings. The van der Waals surface area contributed by atoms with Gasteiger partial charge in [0.25, 0.3) is 0 Å². The fourth-order valence-electron chi connectivity index (χ4n) is 1.37. The Morgan fingerprint density at radius 1 is 1.24 bits per heavy atom. The number of esters is 1. The molecule has 1 rings (SSSR count). The van der Waals surface area contributed by atoms with Crippen LogP contribution < -0.4 is 5.32 Å². The molecule has 0 atom stereocenters. The monoisotopic (exact) mass is 245 g/mol. The van der Waals surface area contributed by atoms with Crippen LogP contribution in [0.2, 0.25) is 0 Å². The third-order valence-electron chi connectivity index (χ3n) is 2.53. The first-order valence-electron chi connectivity index (χ1n) is 6.26. The predicted molar refractivity (Wildman–Crippen MR) is 63.9 cm³/mol. The third kappa shape index (κ3) is 9.09. The highest BCUT2D eigenvalue weighted by molar-refractivity contribution is 5.71. The summed E-state index contributed by atoms with van der Waals surface area (Å²) in [5.74, 6) is 0.582. The standard InChI is InChI=1S/C12H23NO4/c1-15-5-2-6-16-7-8-17-12(14)10-13-9-11-3-4-11/h11,13H,2-10H2,1H3. The molecule has 17 heavy (non-hydrogen) atoms. The minimum absolute atomic E-state index is 0.203. The molecule has 0 bridgehead atoms. The van der Waals surface area contributed by atoms with Crippen LogP contribution in [0.15, 0.2) is 0 Å². The highest BCUT2D eigenvalue weighted by atomic mass is 16.6. The van der Waals surface area contributed by atoms with E-state index in [1.807, 2.05) is 0 Å². The molecular formula is C12H23NO4. The van der Waals surface area contributed by atoms with E-state index in [-0.39, 0.29) is 5.97 Å². The number of carbonyl (C=O) groups excluding carboxylic acids is 1. The smallest absolute Gasteiger partial charge is 0.320 e. The van der Waals surface area contributed by atoms with E-state index in [0.717, 1.165) is 18.9 Å². The van der Waals surface area contributed by atoms with Crippen LogP contribution >= 0.6 is 0 Å². The summed E-state index contributed by atoms with van der Waals surface area (Å²) in [6, 6.07) is 0. The maximum atomic E-state index is 11.2. The fourth-order valence-corrected chi connectivity index (χ4v) is 1.37. The molecule has 0 aromatic heterocycles. The van der Waals surface area contributed by atoms with Crippen LogP contribution in [0.1, 0.15) is 19.3 Å². The second-order valence-electron chi connectivity index (χ2n) is 4.25. The first-order chi connectivity index (χ1) is 8.33. The van der Waals surface area contributed by atoms with Gasteiger partial charge in [0.15, 0.2) is 0 Å². The van der Waals surface area contributed by atoms with Crippen molar-refractivity contribution in [3.05, 3.63) is 0 Å². The topological polar surface area (TPSA) is 56.8 Å². The van der Waals surface area contributed by atoms with Crippen molar-refractivity contribution in [2.75, 3.05) is 46.6 Å². The van der Waals surface area contributed by atoms with Crippen LogP contribution in [0.5, 0.6) is 0 Å². The SMILES string of the molecule is COCCCOCCOC(=O)CNCC1CC1. The van der Waals surface area contributed by atoms with Gasteiger partial charge in [-0.25, -0.2) is 0 Å². The summed E-state index contributed by atoms with van der Waals surface area (Å²) in [4.78, 5) is 11.2. The van der Waals surface area contributed by atoms with Gasteiger partial charge >= 0.3 is 5.97 Å². The summed E-state index contributed by atoms with van der Waals surface area (Å²) in [6.07, 6.45) is 3.45. The van der Waals surface area contributed by atoms with Gasteiger partial charge < -0.3 is 19.5 Å². The quantitative estimate of drug-likeness (QED) is 0.426. The minimum Gasteiger partial charge on any atom is -0.462 e. The highest BCUT2D eigenvalue weighted by Crippen LogP contribution is 2.27. The number of hydrogen-bond donors (Lipinski definition) is 1. The van der Waals surface area contributed by atoms with E-state index >= 15 is 0 Å². The van der Waals surface area contributed by atoms with Crippen molar-refractivity contribution in [1.29, 1.82) is 0 Å². The first kappa shape index (κ1) is 14.4. The van der Waals surface area contributed by atoms with Gasteiger partial charge in [-0.15, -0.1) is 0 Å². The molecule has 1 aliphatic rings. The van der Waals surface area contributed by atoms with Crippen LogP contribution in [-0.2, 0) is 19.0 Å². The zero-order valence-electron chi connectivity index (χ0n) is 10.6. The second-order valence-corrected chi connectivity index (χ2v) is 4.25. The van der Waals surface area contributed by atoms with E-state index in [1.165, 1.54) is 12.8 Å². The molecule has 0 aliphatic heterocycles. The maximum Gasteiger partial charge on any atom is 0.320 e. The molecule has 100 valence electrons. The Balaban J connectivity index is 1.76. The van der Waals surface area contributed by atoms with Crippen LogP contribution in [0, 0.1) is 5.92 Å². The van der Waals surface area contributed by atoms with Crippen molar-refractivity contribution in [2.45, 2.75) is 19.3 Å². The fraction of sp³-hybridized carbons (Fsp3) is 0.917. The molecule has 1 saturated carbocycles. The summed E-state index contributed by atoms with van der Waals surface area (Å²) in [5.41, 5.74) is 0. The van der Waals surface area contributed by atoms with E-state index in [4.69, 9.17) is 14.2 Å². The Kier molecular flexibility index (Phi) is 7.96. The molecule has 0 aromatic rings. The summed E-state index contributed by atoms with van der Waals surface area (Å²) in [7, 11) is 1.66. The summed E-state index contributed by atoms with van der Waals surface area (Å²) >= 11 is 0. The van der Waals surface area contributed by atoms with Gasteiger partial charge in [0, 0.05) is 20.3 Å². The Hall–Kier alpha value is -0.650. The molecule has 5 nitrogen and oxygen atoms in total. The van der Waals surface area contributed by atoms with E-state index in [9.17, 15) is 4.79 Å². The zero-order chi connectivity index (χ0) is 12.3. The minimum atomic E-state index is -0.203. The Bertz CT molecular complexity index is 207. The average Bonchev–Trinajstić information content (AvgIpc) is 3.12. The lowest BCUT2D eigenvalue weighted by Gasteiger charge is -2.06. The van der Waals surface area contributed by atoms with Crippen molar-refractivity contribution in [3.63, 3.8) is 0 Å². The Morgan fingerprint density at radius 2 is 2.06 bits per heavy atom. The van der Waals surface area contributed by atoms with Gasteiger partial charge in [-0.05, 0) is 31.7 Å². The van der Waals surface area contributed by atoms with Crippen LogP contribution in [0.25, 0.3) is 0 Å². The molecule has 1 aliphatic carbocycles. The largest absolute Gasteiger partial charge is 0.462 e. The maximum absolute atomic E-state index is 11.2. The Morgan fingerprint density at radius 3 is 2.76 bits per heavy atom.